The fourth-order valence-electron chi connectivity index (χ4n) is 2.91. The van der Waals surface area contributed by atoms with Crippen molar-refractivity contribution in [2.45, 2.75) is 19.3 Å². The number of anilines is 1. The van der Waals surface area contributed by atoms with Crippen LogP contribution in [0, 0.1) is 5.92 Å². The van der Waals surface area contributed by atoms with Crippen LogP contribution in [0.5, 0.6) is 0 Å². The van der Waals surface area contributed by atoms with Crippen molar-refractivity contribution < 1.29 is 9.53 Å². The third kappa shape index (κ3) is 1.77. The minimum Gasteiger partial charge on any atom is -0.381 e. The second kappa shape index (κ2) is 4.63. The van der Waals surface area contributed by atoms with Crippen molar-refractivity contribution in [3.8, 4) is 0 Å². The van der Waals surface area contributed by atoms with E-state index in [1.165, 1.54) is 5.56 Å². The monoisotopic (exact) mass is 310 g/mol. The van der Waals surface area contributed by atoms with Crippen LogP contribution in [0.1, 0.15) is 24.8 Å². The molecule has 3 heterocycles. The minimum absolute atomic E-state index is 0.0395. The first-order valence-electron chi connectivity index (χ1n) is 6.27. The first-order chi connectivity index (χ1) is 8.72. The lowest BCUT2D eigenvalue weighted by atomic mass is 9.79. The average Bonchev–Trinajstić information content (AvgIpc) is 2.40. The van der Waals surface area contributed by atoms with Crippen LogP contribution in [-0.4, -0.2) is 30.6 Å². The van der Waals surface area contributed by atoms with E-state index >= 15 is 0 Å². The molecule has 2 atom stereocenters. The molecule has 1 aromatic rings. The maximum absolute atomic E-state index is 12.4. The topological polar surface area (TPSA) is 42.4 Å². The molecule has 0 spiro atoms. The number of rotatable bonds is 1. The van der Waals surface area contributed by atoms with Crippen molar-refractivity contribution in [3.63, 3.8) is 0 Å². The van der Waals surface area contributed by atoms with Crippen molar-refractivity contribution in [2.75, 3.05) is 24.7 Å². The van der Waals surface area contributed by atoms with Gasteiger partial charge in [-0.25, -0.2) is 4.98 Å². The maximum atomic E-state index is 12.4. The third-order valence-electron chi connectivity index (χ3n) is 3.77. The van der Waals surface area contributed by atoms with E-state index in [1.807, 2.05) is 6.92 Å². The number of hydrogen-bond donors (Lipinski definition) is 0. The van der Waals surface area contributed by atoms with Gasteiger partial charge >= 0.3 is 0 Å². The van der Waals surface area contributed by atoms with Crippen LogP contribution in [-0.2, 0) is 9.53 Å². The lowest BCUT2D eigenvalue weighted by molar-refractivity contribution is -0.128. The number of fused-ring (bicyclic) bond motifs is 3. The van der Waals surface area contributed by atoms with Crippen molar-refractivity contribution in [1.29, 1.82) is 0 Å². The zero-order valence-electron chi connectivity index (χ0n) is 10.2. The zero-order valence-corrected chi connectivity index (χ0v) is 11.8. The molecule has 0 N–H and O–H groups in total. The van der Waals surface area contributed by atoms with Gasteiger partial charge in [0.1, 0.15) is 5.82 Å². The molecule has 1 fully saturated rings. The number of pyridine rings is 1. The molecule has 2 aliphatic heterocycles. The Morgan fingerprint density at radius 3 is 3.17 bits per heavy atom. The summed E-state index contributed by atoms with van der Waals surface area (Å²) in [6.45, 7) is 3.90. The Labute approximate surface area is 114 Å². The Morgan fingerprint density at radius 2 is 2.39 bits per heavy atom. The number of hydrogen-bond acceptors (Lipinski definition) is 3. The predicted molar refractivity (Wildman–Crippen MR) is 71.6 cm³/mol. The molecule has 0 unspecified atom stereocenters. The summed E-state index contributed by atoms with van der Waals surface area (Å²) in [5, 5.41) is 0. The Kier molecular flexibility index (Phi) is 3.11. The van der Waals surface area contributed by atoms with Gasteiger partial charge in [-0.3, -0.25) is 9.69 Å². The molecule has 0 aliphatic carbocycles. The molecular formula is C13H15BrN2O2. The van der Waals surface area contributed by atoms with Crippen LogP contribution in [0.2, 0.25) is 0 Å². The highest BCUT2D eigenvalue weighted by Gasteiger charge is 2.42. The van der Waals surface area contributed by atoms with E-state index in [0.717, 1.165) is 23.3 Å². The number of amides is 1. The SMILES string of the molecule is CCN1C(=O)[C@H]2COCC[C@H]2c2cc(Br)cnc21. The summed E-state index contributed by atoms with van der Waals surface area (Å²) in [5.41, 5.74) is 1.18. The molecule has 5 heteroatoms. The fraction of sp³-hybridized carbons (Fsp3) is 0.538. The number of ether oxygens (including phenoxy) is 1. The van der Waals surface area contributed by atoms with Crippen molar-refractivity contribution >= 4 is 27.7 Å². The van der Waals surface area contributed by atoms with E-state index in [0.29, 0.717) is 13.2 Å². The average molecular weight is 311 g/mol. The molecular weight excluding hydrogens is 296 g/mol. The van der Waals surface area contributed by atoms with Crippen molar-refractivity contribution in [2.24, 2.45) is 5.92 Å². The van der Waals surface area contributed by atoms with Gasteiger partial charge in [-0.15, -0.1) is 0 Å². The van der Waals surface area contributed by atoms with Gasteiger partial charge < -0.3 is 4.74 Å². The van der Waals surface area contributed by atoms with Crippen molar-refractivity contribution in [3.05, 3.63) is 22.3 Å². The molecule has 0 radical (unpaired) electrons. The lowest BCUT2D eigenvalue weighted by Crippen LogP contribution is -2.47. The summed E-state index contributed by atoms with van der Waals surface area (Å²) in [6, 6.07) is 2.10. The number of nitrogens with zero attached hydrogens (tertiary/aromatic N) is 2. The number of carbonyl (C=O) groups excluding carboxylic acids is 1. The highest BCUT2D eigenvalue weighted by Crippen LogP contribution is 2.42. The fourth-order valence-corrected chi connectivity index (χ4v) is 3.26. The molecule has 0 bridgehead atoms. The molecule has 18 heavy (non-hydrogen) atoms. The summed E-state index contributed by atoms with van der Waals surface area (Å²) in [6.07, 6.45) is 2.66. The minimum atomic E-state index is -0.0395. The van der Waals surface area contributed by atoms with Crippen LogP contribution in [0.15, 0.2) is 16.7 Å². The van der Waals surface area contributed by atoms with E-state index in [9.17, 15) is 4.79 Å². The quantitative estimate of drug-likeness (QED) is 0.799. The molecule has 1 amide bonds. The van der Waals surface area contributed by atoms with E-state index in [4.69, 9.17) is 4.74 Å². The smallest absolute Gasteiger partial charge is 0.234 e. The first-order valence-corrected chi connectivity index (χ1v) is 7.06. The molecule has 0 aromatic carbocycles. The van der Waals surface area contributed by atoms with Gasteiger partial charge in [0.15, 0.2) is 0 Å². The Hall–Kier alpha value is -0.940. The van der Waals surface area contributed by atoms with Gasteiger partial charge in [-0.05, 0) is 35.3 Å². The molecule has 3 rings (SSSR count). The normalized spacial score (nSPS) is 26.8. The maximum Gasteiger partial charge on any atom is 0.234 e. The van der Waals surface area contributed by atoms with Crippen LogP contribution >= 0.6 is 15.9 Å². The van der Waals surface area contributed by atoms with Gasteiger partial charge in [0, 0.05) is 35.3 Å². The highest BCUT2D eigenvalue weighted by atomic mass is 79.9. The van der Waals surface area contributed by atoms with Crippen LogP contribution < -0.4 is 4.90 Å². The summed E-state index contributed by atoms with van der Waals surface area (Å²) < 4.78 is 6.44. The second-order valence-electron chi connectivity index (χ2n) is 4.73. The standard InChI is InChI=1S/C13H15BrN2O2/c1-2-16-12-10(5-8(14)6-15-12)9-3-4-18-7-11(9)13(16)17/h5-6,9,11H,2-4,7H2,1H3/t9-,11-/m0/s1. The molecule has 4 nitrogen and oxygen atoms in total. The summed E-state index contributed by atoms with van der Waals surface area (Å²) in [5.74, 6) is 1.20. The van der Waals surface area contributed by atoms with Crippen molar-refractivity contribution in [1.82, 2.24) is 4.98 Å². The zero-order chi connectivity index (χ0) is 12.7. The van der Waals surface area contributed by atoms with E-state index in [-0.39, 0.29) is 17.7 Å². The van der Waals surface area contributed by atoms with Gasteiger partial charge in [-0.2, -0.15) is 0 Å². The first kappa shape index (κ1) is 12.1. The number of aromatic nitrogens is 1. The summed E-state index contributed by atoms with van der Waals surface area (Å²) >= 11 is 3.47. The summed E-state index contributed by atoms with van der Waals surface area (Å²) in [4.78, 5) is 18.6. The van der Waals surface area contributed by atoms with Gasteiger partial charge in [-0.1, -0.05) is 0 Å². The van der Waals surface area contributed by atoms with E-state index in [1.54, 1.807) is 11.1 Å². The van der Waals surface area contributed by atoms with Gasteiger partial charge in [0.25, 0.3) is 0 Å². The van der Waals surface area contributed by atoms with Gasteiger partial charge in [0.2, 0.25) is 5.91 Å². The second-order valence-corrected chi connectivity index (χ2v) is 5.64. The Morgan fingerprint density at radius 1 is 1.56 bits per heavy atom. The predicted octanol–water partition coefficient (Wildman–Crippen LogP) is 2.33. The molecule has 1 saturated heterocycles. The molecule has 96 valence electrons. The van der Waals surface area contributed by atoms with Crippen LogP contribution in [0.4, 0.5) is 5.82 Å². The molecule has 1 aromatic heterocycles. The molecule has 0 saturated carbocycles. The Bertz CT molecular complexity index is 492. The van der Waals surface area contributed by atoms with Crippen LogP contribution in [0.3, 0.4) is 0 Å². The third-order valence-corrected chi connectivity index (χ3v) is 4.21. The molecule has 2 aliphatic rings. The Balaban J connectivity index is 2.12. The summed E-state index contributed by atoms with van der Waals surface area (Å²) in [7, 11) is 0. The largest absolute Gasteiger partial charge is 0.381 e. The van der Waals surface area contributed by atoms with Gasteiger partial charge in [0.05, 0.1) is 12.5 Å². The van der Waals surface area contributed by atoms with Crippen LogP contribution in [0.25, 0.3) is 0 Å². The number of halogens is 1. The lowest BCUT2D eigenvalue weighted by Gasteiger charge is -2.40. The van der Waals surface area contributed by atoms with E-state index in [2.05, 4.69) is 27.0 Å². The van der Waals surface area contributed by atoms with E-state index < -0.39 is 0 Å². The number of carbonyl (C=O) groups is 1. The highest BCUT2D eigenvalue weighted by molar-refractivity contribution is 9.10.